The van der Waals surface area contributed by atoms with Gasteiger partial charge in [0.1, 0.15) is 5.82 Å². The molecule has 0 bridgehead atoms. The van der Waals surface area contributed by atoms with E-state index in [2.05, 4.69) is 213 Å². The molecule has 8 aromatic rings. The van der Waals surface area contributed by atoms with E-state index in [4.69, 9.17) is 0 Å². The van der Waals surface area contributed by atoms with Gasteiger partial charge < -0.3 is 14.4 Å². The SMILES string of the molecule is Cc1ccc(N2c3cc4c(cc3B3c5cc(C(C)(C)C)ccc5N(c5ccc(C(C)(C)C)cc5)c5cccc2c53)c2ccccc2n4-c2cc(C(C)(C)C)cc(C(C)(C)C)c2)c(F)c1. The molecule has 0 saturated heterocycles. The molecule has 3 nitrogen and oxygen atoms in total. The first kappa shape index (κ1) is 41.9. The Morgan fingerprint density at radius 1 is 0.406 bits per heavy atom. The van der Waals surface area contributed by atoms with Gasteiger partial charge in [-0.25, -0.2) is 4.39 Å². The van der Waals surface area contributed by atoms with Gasteiger partial charge in [-0.15, -0.1) is 0 Å². The molecule has 5 heteroatoms. The molecular formula is C59H61BFN3. The van der Waals surface area contributed by atoms with Gasteiger partial charge in [-0.05, 0) is 140 Å². The summed E-state index contributed by atoms with van der Waals surface area (Å²) in [5.41, 5.74) is 18.8. The molecule has 0 saturated carbocycles. The predicted octanol–water partition coefficient (Wildman–Crippen LogP) is 14.5. The van der Waals surface area contributed by atoms with Crippen molar-refractivity contribution in [3.63, 3.8) is 0 Å². The molecule has 0 radical (unpaired) electrons. The van der Waals surface area contributed by atoms with E-state index < -0.39 is 0 Å². The molecule has 0 unspecified atom stereocenters. The Balaban J connectivity index is 1.33. The number of hydrogen-bond donors (Lipinski definition) is 0. The van der Waals surface area contributed by atoms with Gasteiger partial charge in [0.15, 0.2) is 0 Å². The number of aromatic nitrogens is 1. The van der Waals surface area contributed by atoms with Crippen LogP contribution in [0.5, 0.6) is 0 Å². The molecular weight excluding hydrogens is 780 g/mol. The molecule has 0 N–H and O–H groups in total. The van der Waals surface area contributed by atoms with Crippen molar-refractivity contribution in [2.45, 2.75) is 112 Å². The van der Waals surface area contributed by atoms with E-state index in [0.29, 0.717) is 5.69 Å². The molecule has 0 amide bonds. The lowest BCUT2D eigenvalue weighted by molar-refractivity contribution is 0.568. The van der Waals surface area contributed by atoms with Crippen LogP contribution in [0.3, 0.4) is 0 Å². The smallest absolute Gasteiger partial charge is 0.252 e. The van der Waals surface area contributed by atoms with Crippen molar-refractivity contribution >= 4 is 79.0 Å². The summed E-state index contributed by atoms with van der Waals surface area (Å²) in [5.74, 6) is -0.240. The minimum Gasteiger partial charge on any atom is -0.311 e. The molecule has 0 fully saturated rings. The quantitative estimate of drug-likeness (QED) is 0.164. The second kappa shape index (κ2) is 14.2. The zero-order valence-electron chi connectivity index (χ0n) is 40.0. The number of anilines is 6. The number of rotatable bonds is 3. The highest BCUT2D eigenvalue weighted by Crippen LogP contribution is 2.47. The molecule has 2 aliphatic heterocycles. The first-order valence-corrected chi connectivity index (χ1v) is 23.1. The van der Waals surface area contributed by atoms with Crippen LogP contribution in [0.25, 0.3) is 27.5 Å². The molecule has 0 atom stereocenters. The van der Waals surface area contributed by atoms with Crippen LogP contribution in [0.1, 0.15) is 111 Å². The van der Waals surface area contributed by atoms with Crippen molar-refractivity contribution in [1.29, 1.82) is 0 Å². The number of halogens is 1. The predicted molar refractivity (Wildman–Crippen MR) is 274 cm³/mol. The van der Waals surface area contributed by atoms with Crippen molar-refractivity contribution in [2.75, 3.05) is 9.80 Å². The number of hydrogen-bond acceptors (Lipinski definition) is 2. The van der Waals surface area contributed by atoms with E-state index in [9.17, 15) is 0 Å². The molecule has 7 aromatic carbocycles. The van der Waals surface area contributed by atoms with Gasteiger partial charge in [0.2, 0.25) is 0 Å². The van der Waals surface area contributed by atoms with Gasteiger partial charge in [-0.3, -0.25) is 0 Å². The van der Waals surface area contributed by atoms with Gasteiger partial charge in [-0.2, -0.15) is 0 Å². The second-order valence-corrected chi connectivity index (χ2v) is 22.6. The zero-order valence-corrected chi connectivity index (χ0v) is 40.0. The van der Waals surface area contributed by atoms with Crippen LogP contribution in [0, 0.1) is 12.7 Å². The molecule has 1 aromatic heterocycles. The maximum absolute atomic E-state index is 16.9. The highest BCUT2D eigenvalue weighted by Gasteiger charge is 2.44. The summed E-state index contributed by atoms with van der Waals surface area (Å²) in [5, 5.41) is 2.39. The largest absolute Gasteiger partial charge is 0.311 e. The Morgan fingerprint density at radius 2 is 0.984 bits per heavy atom. The summed E-state index contributed by atoms with van der Waals surface area (Å²) in [7, 11) is 0. The highest BCUT2D eigenvalue weighted by atomic mass is 19.1. The summed E-state index contributed by atoms with van der Waals surface area (Å²) in [6.45, 7) is 29.4. The Morgan fingerprint density at radius 3 is 1.61 bits per heavy atom. The Kier molecular flexibility index (Phi) is 9.31. The van der Waals surface area contributed by atoms with Gasteiger partial charge in [0.25, 0.3) is 6.71 Å². The average molecular weight is 842 g/mol. The fourth-order valence-corrected chi connectivity index (χ4v) is 10.2. The van der Waals surface area contributed by atoms with E-state index in [1.165, 1.54) is 55.1 Å². The van der Waals surface area contributed by atoms with Crippen molar-refractivity contribution in [3.05, 3.63) is 167 Å². The molecule has 322 valence electrons. The maximum Gasteiger partial charge on any atom is 0.252 e. The molecule has 10 rings (SSSR count). The fraction of sp³-hybridized carbons (Fsp3) is 0.288. The van der Waals surface area contributed by atoms with Crippen LogP contribution in [0.2, 0.25) is 0 Å². The van der Waals surface area contributed by atoms with E-state index >= 15 is 4.39 Å². The van der Waals surface area contributed by atoms with Crippen LogP contribution < -0.4 is 26.2 Å². The van der Waals surface area contributed by atoms with Crippen LogP contribution >= 0.6 is 0 Å². The third-order valence-electron chi connectivity index (χ3n) is 13.9. The average Bonchev–Trinajstić information content (AvgIpc) is 3.55. The van der Waals surface area contributed by atoms with Crippen molar-refractivity contribution in [3.8, 4) is 5.69 Å². The van der Waals surface area contributed by atoms with Crippen LogP contribution in [-0.2, 0) is 21.7 Å². The van der Waals surface area contributed by atoms with Crippen molar-refractivity contribution in [1.82, 2.24) is 4.57 Å². The number of aryl methyl sites for hydroxylation is 1. The first-order valence-electron chi connectivity index (χ1n) is 23.1. The normalized spacial score (nSPS) is 14.0. The molecule has 64 heavy (non-hydrogen) atoms. The van der Waals surface area contributed by atoms with Crippen molar-refractivity contribution in [2.24, 2.45) is 0 Å². The first-order chi connectivity index (χ1) is 30.1. The summed E-state index contributed by atoms with van der Waals surface area (Å²) in [6, 6.07) is 49.3. The lowest BCUT2D eigenvalue weighted by atomic mass is 9.33. The van der Waals surface area contributed by atoms with Gasteiger partial charge in [-0.1, -0.05) is 150 Å². The van der Waals surface area contributed by atoms with Crippen LogP contribution in [-0.4, -0.2) is 11.3 Å². The molecule has 3 heterocycles. The Labute approximate surface area is 380 Å². The van der Waals surface area contributed by atoms with Gasteiger partial charge in [0, 0.05) is 44.9 Å². The van der Waals surface area contributed by atoms with Gasteiger partial charge in [0.05, 0.1) is 16.7 Å². The number of benzene rings is 7. The number of fused-ring (bicyclic) bond motifs is 7. The van der Waals surface area contributed by atoms with Gasteiger partial charge >= 0.3 is 0 Å². The van der Waals surface area contributed by atoms with Crippen molar-refractivity contribution < 1.29 is 4.39 Å². The van der Waals surface area contributed by atoms with E-state index in [1.807, 2.05) is 19.1 Å². The zero-order chi connectivity index (χ0) is 45.4. The lowest BCUT2D eigenvalue weighted by Crippen LogP contribution is -2.61. The van der Waals surface area contributed by atoms with Crippen LogP contribution in [0.4, 0.5) is 38.5 Å². The topological polar surface area (TPSA) is 11.4 Å². The van der Waals surface area contributed by atoms with E-state index in [0.717, 1.165) is 45.0 Å². The summed E-state index contributed by atoms with van der Waals surface area (Å²) in [4.78, 5) is 4.66. The highest BCUT2D eigenvalue weighted by molar-refractivity contribution is 7.00. The minimum absolute atomic E-state index is 0.0258. The van der Waals surface area contributed by atoms with E-state index in [-0.39, 0.29) is 34.2 Å². The second-order valence-electron chi connectivity index (χ2n) is 22.6. The maximum atomic E-state index is 16.9. The number of para-hydroxylation sites is 1. The van der Waals surface area contributed by atoms with E-state index in [1.54, 1.807) is 6.07 Å². The Bertz CT molecular complexity index is 3150. The third-order valence-corrected chi connectivity index (χ3v) is 13.9. The lowest BCUT2D eigenvalue weighted by Gasteiger charge is -2.44. The Hall–Kier alpha value is -6.07. The summed E-state index contributed by atoms with van der Waals surface area (Å²) < 4.78 is 19.4. The minimum atomic E-state index is -0.240. The molecule has 2 aliphatic rings. The molecule has 0 spiro atoms. The summed E-state index contributed by atoms with van der Waals surface area (Å²) >= 11 is 0. The third kappa shape index (κ3) is 6.68. The summed E-state index contributed by atoms with van der Waals surface area (Å²) in [6.07, 6.45) is 0. The van der Waals surface area contributed by atoms with Crippen LogP contribution in [0.15, 0.2) is 133 Å². The molecule has 0 aliphatic carbocycles. The fourth-order valence-electron chi connectivity index (χ4n) is 10.2. The monoisotopic (exact) mass is 841 g/mol. The number of nitrogens with zero attached hydrogens (tertiary/aromatic N) is 3. The standard InChI is InChI=1S/C59H61BFN3/c1-36-21-27-50(47(61)29-36)64-52-20-16-19-51-55(52)60(45-33-38(57(5,6)7)24-28-49(45)62(51)41-25-22-37(23-26-41)56(2,3)4)46-34-44-43-17-14-15-18-48(43)63(53(44)35-54(46)64)42-31-39(58(8,9)10)30-40(32-42)59(11,12)13/h14-35H,1-13H3.